The number of carbonyl (C=O) groups excluding carboxylic acids is 1. The number of anilines is 1. The third-order valence-electron chi connectivity index (χ3n) is 3.15. The summed E-state index contributed by atoms with van der Waals surface area (Å²) < 4.78 is 1.80. The van der Waals surface area contributed by atoms with Crippen LogP contribution in [-0.2, 0) is 0 Å². The minimum absolute atomic E-state index is 0.0590. The summed E-state index contributed by atoms with van der Waals surface area (Å²) >= 11 is 0. The maximum Gasteiger partial charge on any atom is 0.320 e. The average Bonchev–Trinajstić information content (AvgIpc) is 2.96. The number of rotatable bonds is 6. The van der Waals surface area contributed by atoms with Gasteiger partial charge >= 0.3 is 6.03 Å². The zero-order valence-corrected chi connectivity index (χ0v) is 12.0. The van der Waals surface area contributed by atoms with Crippen molar-refractivity contribution in [3.05, 3.63) is 48.2 Å². The fraction of sp³-hybridized carbons (Fsp3) is 0.333. The van der Waals surface area contributed by atoms with E-state index in [1.165, 1.54) is 0 Å². The van der Waals surface area contributed by atoms with Crippen LogP contribution in [0.4, 0.5) is 10.6 Å². The van der Waals surface area contributed by atoms with Gasteiger partial charge in [0, 0.05) is 25.4 Å². The summed E-state index contributed by atoms with van der Waals surface area (Å²) in [5, 5.41) is 18.3. The van der Waals surface area contributed by atoms with Crippen LogP contribution < -0.4 is 10.6 Å². The van der Waals surface area contributed by atoms with E-state index in [1.54, 1.807) is 10.7 Å². The third kappa shape index (κ3) is 4.32. The molecule has 0 aliphatic heterocycles. The van der Waals surface area contributed by atoms with Crippen molar-refractivity contribution in [3.8, 4) is 0 Å². The summed E-state index contributed by atoms with van der Waals surface area (Å²) in [5.41, 5.74) is 1.15. The Labute approximate surface area is 123 Å². The Kier molecular flexibility index (Phi) is 5.34. The second kappa shape index (κ2) is 7.44. The fourth-order valence-corrected chi connectivity index (χ4v) is 1.95. The van der Waals surface area contributed by atoms with Crippen molar-refractivity contribution in [1.82, 2.24) is 15.1 Å². The molecule has 2 amide bonds. The molecule has 2 aromatic rings. The van der Waals surface area contributed by atoms with Gasteiger partial charge in [0.05, 0.1) is 6.04 Å². The molecule has 0 aliphatic rings. The highest BCUT2D eigenvalue weighted by molar-refractivity contribution is 5.88. The third-order valence-corrected chi connectivity index (χ3v) is 3.15. The van der Waals surface area contributed by atoms with Gasteiger partial charge in [-0.25, -0.2) is 4.79 Å². The minimum Gasteiger partial charge on any atom is -0.396 e. The minimum atomic E-state index is -0.318. The molecule has 0 saturated carbocycles. The molecule has 2 rings (SSSR count). The van der Waals surface area contributed by atoms with Crippen LogP contribution in [0.15, 0.2) is 42.6 Å². The molecule has 0 radical (unpaired) electrons. The van der Waals surface area contributed by atoms with Gasteiger partial charge in [-0.2, -0.15) is 5.10 Å². The molecule has 112 valence electrons. The molecule has 0 fully saturated rings. The van der Waals surface area contributed by atoms with E-state index in [4.69, 9.17) is 5.11 Å². The Balaban J connectivity index is 1.93. The summed E-state index contributed by atoms with van der Waals surface area (Å²) in [6, 6.07) is 11.6. The van der Waals surface area contributed by atoms with Gasteiger partial charge in [-0.05, 0) is 18.9 Å². The molecule has 1 unspecified atom stereocenters. The van der Waals surface area contributed by atoms with Gasteiger partial charge < -0.3 is 10.4 Å². The number of hydrogen-bond donors (Lipinski definition) is 3. The maximum absolute atomic E-state index is 11.6. The number of aliphatic hydroxyl groups is 1. The maximum atomic E-state index is 11.6. The van der Waals surface area contributed by atoms with E-state index in [9.17, 15) is 4.79 Å². The predicted octanol–water partition coefficient (Wildman–Crippen LogP) is 2.00. The van der Waals surface area contributed by atoms with Gasteiger partial charge in [0.2, 0.25) is 0 Å². The standard InChI is InChI=1S/C15H20N4O2/c1-12(13-6-3-2-4-7-13)19-10-8-14(18-19)17-15(21)16-9-5-11-20/h2-4,6-8,10,12,20H,5,9,11H2,1H3,(H2,16,17,18,21). The lowest BCUT2D eigenvalue weighted by Crippen LogP contribution is -2.30. The lowest BCUT2D eigenvalue weighted by Gasteiger charge is -2.12. The van der Waals surface area contributed by atoms with Crippen molar-refractivity contribution < 1.29 is 9.90 Å². The van der Waals surface area contributed by atoms with Crippen LogP contribution in [-0.4, -0.2) is 34.1 Å². The van der Waals surface area contributed by atoms with Crippen molar-refractivity contribution in [2.24, 2.45) is 0 Å². The van der Waals surface area contributed by atoms with Crippen molar-refractivity contribution >= 4 is 11.8 Å². The predicted molar refractivity (Wildman–Crippen MR) is 81.2 cm³/mol. The van der Waals surface area contributed by atoms with E-state index in [2.05, 4.69) is 15.7 Å². The molecule has 0 spiro atoms. The highest BCUT2D eigenvalue weighted by Gasteiger charge is 2.10. The Hall–Kier alpha value is -2.34. The van der Waals surface area contributed by atoms with E-state index in [1.807, 2.05) is 43.5 Å². The zero-order valence-electron chi connectivity index (χ0n) is 12.0. The van der Waals surface area contributed by atoms with Gasteiger partial charge in [-0.1, -0.05) is 30.3 Å². The quantitative estimate of drug-likeness (QED) is 0.711. The Morgan fingerprint density at radius 3 is 2.81 bits per heavy atom. The van der Waals surface area contributed by atoms with Crippen LogP contribution in [0.2, 0.25) is 0 Å². The smallest absolute Gasteiger partial charge is 0.320 e. The largest absolute Gasteiger partial charge is 0.396 e. The molecule has 1 aromatic carbocycles. The van der Waals surface area contributed by atoms with E-state index in [0.29, 0.717) is 18.8 Å². The molecular weight excluding hydrogens is 268 g/mol. The van der Waals surface area contributed by atoms with Crippen LogP contribution in [0.25, 0.3) is 0 Å². The first-order chi connectivity index (χ1) is 10.2. The van der Waals surface area contributed by atoms with Crippen LogP contribution >= 0.6 is 0 Å². The molecule has 1 atom stereocenters. The number of carbonyl (C=O) groups is 1. The summed E-state index contributed by atoms with van der Waals surface area (Å²) in [7, 11) is 0. The number of urea groups is 1. The van der Waals surface area contributed by atoms with E-state index in [-0.39, 0.29) is 18.7 Å². The Bertz CT molecular complexity index is 568. The van der Waals surface area contributed by atoms with Crippen LogP contribution in [0.1, 0.15) is 24.9 Å². The molecule has 3 N–H and O–H groups in total. The zero-order chi connectivity index (χ0) is 15.1. The van der Waals surface area contributed by atoms with Crippen LogP contribution in [0, 0.1) is 0 Å². The molecule has 0 aliphatic carbocycles. The van der Waals surface area contributed by atoms with Crippen molar-refractivity contribution in [2.45, 2.75) is 19.4 Å². The van der Waals surface area contributed by atoms with Crippen molar-refractivity contribution in [1.29, 1.82) is 0 Å². The molecule has 0 bridgehead atoms. The molecule has 1 heterocycles. The van der Waals surface area contributed by atoms with Gasteiger partial charge in [-0.3, -0.25) is 10.00 Å². The highest BCUT2D eigenvalue weighted by Crippen LogP contribution is 2.17. The topological polar surface area (TPSA) is 79.2 Å². The van der Waals surface area contributed by atoms with E-state index < -0.39 is 0 Å². The SMILES string of the molecule is CC(c1ccccc1)n1ccc(NC(=O)NCCCO)n1. The second-order valence-corrected chi connectivity index (χ2v) is 4.73. The van der Waals surface area contributed by atoms with Gasteiger partial charge in [0.15, 0.2) is 5.82 Å². The lowest BCUT2D eigenvalue weighted by molar-refractivity contribution is 0.248. The van der Waals surface area contributed by atoms with Gasteiger partial charge in [-0.15, -0.1) is 0 Å². The Morgan fingerprint density at radius 1 is 1.33 bits per heavy atom. The number of hydrogen-bond acceptors (Lipinski definition) is 3. The molecule has 6 heteroatoms. The number of aromatic nitrogens is 2. The number of benzene rings is 1. The molecule has 0 saturated heterocycles. The molecule has 1 aromatic heterocycles. The molecule has 6 nitrogen and oxygen atoms in total. The Morgan fingerprint density at radius 2 is 2.10 bits per heavy atom. The van der Waals surface area contributed by atoms with Gasteiger partial charge in [0.25, 0.3) is 0 Å². The number of nitrogens with zero attached hydrogens (tertiary/aromatic N) is 2. The average molecular weight is 288 g/mol. The number of nitrogens with one attached hydrogen (secondary N) is 2. The van der Waals surface area contributed by atoms with Crippen LogP contribution in [0.3, 0.4) is 0 Å². The summed E-state index contributed by atoms with van der Waals surface area (Å²) in [5.74, 6) is 0.499. The lowest BCUT2D eigenvalue weighted by atomic mass is 10.1. The molecular formula is C15H20N4O2. The van der Waals surface area contributed by atoms with Crippen molar-refractivity contribution in [2.75, 3.05) is 18.5 Å². The normalized spacial score (nSPS) is 11.9. The first-order valence-corrected chi connectivity index (χ1v) is 6.96. The number of aliphatic hydroxyl groups excluding tert-OH is 1. The number of amides is 2. The first kappa shape index (κ1) is 15.1. The highest BCUT2D eigenvalue weighted by atomic mass is 16.3. The monoisotopic (exact) mass is 288 g/mol. The van der Waals surface area contributed by atoms with Crippen molar-refractivity contribution in [3.63, 3.8) is 0 Å². The second-order valence-electron chi connectivity index (χ2n) is 4.73. The summed E-state index contributed by atoms with van der Waals surface area (Å²) in [6.45, 7) is 2.54. The molecule has 21 heavy (non-hydrogen) atoms. The van der Waals surface area contributed by atoms with Crippen LogP contribution in [0.5, 0.6) is 0 Å². The fourth-order valence-electron chi connectivity index (χ4n) is 1.95. The van der Waals surface area contributed by atoms with Gasteiger partial charge in [0.1, 0.15) is 0 Å². The van der Waals surface area contributed by atoms with E-state index in [0.717, 1.165) is 5.56 Å². The first-order valence-electron chi connectivity index (χ1n) is 6.96. The summed E-state index contributed by atoms with van der Waals surface area (Å²) in [4.78, 5) is 11.6. The summed E-state index contributed by atoms with van der Waals surface area (Å²) in [6.07, 6.45) is 2.37. The van der Waals surface area contributed by atoms with E-state index >= 15 is 0 Å².